The maximum atomic E-state index is 11.5. The molecule has 4 N–H and O–H groups in total. The summed E-state index contributed by atoms with van der Waals surface area (Å²) in [5.41, 5.74) is 0.471. The van der Waals surface area contributed by atoms with Gasteiger partial charge in [0.2, 0.25) is 0 Å². The summed E-state index contributed by atoms with van der Waals surface area (Å²) in [6.07, 6.45) is 1.90. The van der Waals surface area contributed by atoms with Crippen molar-refractivity contribution in [2.24, 2.45) is 21.7 Å². The molecule has 1 aliphatic rings. The van der Waals surface area contributed by atoms with E-state index in [9.17, 15) is 20.4 Å². The molecule has 9 nitrogen and oxygen atoms in total. The number of benzene rings is 4. The molecule has 0 aliphatic carbocycles. The van der Waals surface area contributed by atoms with Gasteiger partial charge in [-0.1, -0.05) is 164 Å². The summed E-state index contributed by atoms with van der Waals surface area (Å²) in [4.78, 5) is 13.0. The van der Waals surface area contributed by atoms with Gasteiger partial charge in [0.1, 0.15) is 23.0 Å². The van der Waals surface area contributed by atoms with Crippen LogP contribution in [0.4, 0.5) is 5.69 Å². The average molecular weight is 1030 g/mol. The molecule has 5 rings (SSSR count). The first-order valence-corrected chi connectivity index (χ1v) is 28.0. The van der Waals surface area contributed by atoms with Crippen LogP contribution in [0.1, 0.15) is 168 Å². The van der Waals surface area contributed by atoms with E-state index in [1.54, 1.807) is 6.07 Å². The van der Waals surface area contributed by atoms with Crippen molar-refractivity contribution in [1.82, 2.24) is 19.6 Å². The molecular weight excluding hydrogens is 927 g/mol. The van der Waals surface area contributed by atoms with E-state index in [2.05, 4.69) is 188 Å². The summed E-state index contributed by atoms with van der Waals surface area (Å²) in [6, 6.07) is 31.3. The topological polar surface area (TPSA) is 97.1 Å². The van der Waals surface area contributed by atoms with Crippen LogP contribution in [-0.4, -0.2) is 123 Å². The second-order valence-corrected chi connectivity index (χ2v) is 29.3. The van der Waals surface area contributed by atoms with Crippen LogP contribution >= 0.6 is 0 Å². The quantitative estimate of drug-likeness (QED) is 0.111. The molecule has 1 heterocycles. The van der Waals surface area contributed by atoms with Crippen molar-refractivity contribution in [3.05, 3.63) is 114 Å². The molecule has 0 spiro atoms. The van der Waals surface area contributed by atoms with Crippen LogP contribution in [0, 0.1) is 21.7 Å². The van der Waals surface area contributed by atoms with E-state index in [0.29, 0.717) is 23.9 Å². The molecule has 418 valence electrons. The summed E-state index contributed by atoms with van der Waals surface area (Å²) in [7, 11) is 2.09. The predicted molar refractivity (Wildman–Crippen MR) is 318 cm³/mol. The van der Waals surface area contributed by atoms with Gasteiger partial charge in [0.25, 0.3) is 0 Å². The van der Waals surface area contributed by atoms with Crippen LogP contribution in [-0.2, 0) is 16.2 Å². The van der Waals surface area contributed by atoms with Crippen LogP contribution < -0.4 is 4.90 Å². The molecule has 0 bridgehead atoms. The Kier molecular flexibility index (Phi) is 18.2. The number of rotatable bonds is 12. The van der Waals surface area contributed by atoms with Crippen LogP contribution in [0.2, 0.25) is 0 Å². The van der Waals surface area contributed by atoms with Crippen molar-refractivity contribution < 1.29 is 20.4 Å². The fourth-order valence-corrected chi connectivity index (χ4v) is 13.7. The van der Waals surface area contributed by atoms with E-state index >= 15 is 0 Å². The zero-order valence-corrected chi connectivity index (χ0v) is 51.0. The summed E-state index contributed by atoms with van der Waals surface area (Å²) < 4.78 is 0. The van der Waals surface area contributed by atoms with Gasteiger partial charge in [0.15, 0.2) is 0 Å². The zero-order valence-electron chi connectivity index (χ0n) is 51.0. The summed E-state index contributed by atoms with van der Waals surface area (Å²) >= 11 is 0. The summed E-state index contributed by atoms with van der Waals surface area (Å²) in [5.74, 6) is 1.25. The van der Waals surface area contributed by atoms with Gasteiger partial charge >= 0.3 is 0 Å². The van der Waals surface area contributed by atoms with Gasteiger partial charge < -0.3 is 25.3 Å². The average Bonchev–Trinajstić information content (AvgIpc) is 3.27. The van der Waals surface area contributed by atoms with Gasteiger partial charge in [-0.15, -0.1) is 0 Å². The molecule has 4 aromatic carbocycles. The summed E-state index contributed by atoms with van der Waals surface area (Å²) in [5, 5.41) is 45.6. The van der Waals surface area contributed by atoms with Gasteiger partial charge in [-0.25, -0.2) is 0 Å². The van der Waals surface area contributed by atoms with E-state index in [4.69, 9.17) is 0 Å². The Labute approximate surface area is 457 Å². The lowest BCUT2D eigenvalue weighted by atomic mass is 9.66. The number of nitrogens with zero attached hydrogens (tertiary/aromatic N) is 5. The second-order valence-electron chi connectivity index (χ2n) is 29.3. The maximum Gasteiger partial charge on any atom is 0.138 e. The van der Waals surface area contributed by atoms with Crippen LogP contribution in [0.15, 0.2) is 97.1 Å². The van der Waals surface area contributed by atoms with E-state index in [-0.39, 0.29) is 27.4 Å². The Morgan fingerprint density at radius 2 is 0.653 bits per heavy atom. The van der Waals surface area contributed by atoms with Gasteiger partial charge in [0, 0.05) is 109 Å². The lowest BCUT2D eigenvalue weighted by Crippen LogP contribution is -2.63. The van der Waals surface area contributed by atoms with Crippen LogP contribution in [0.3, 0.4) is 0 Å². The highest BCUT2D eigenvalue weighted by Crippen LogP contribution is 2.49. The van der Waals surface area contributed by atoms with Gasteiger partial charge in [-0.3, -0.25) is 19.6 Å². The van der Waals surface area contributed by atoms with Gasteiger partial charge in [-0.2, -0.15) is 0 Å². The van der Waals surface area contributed by atoms with Crippen LogP contribution in [0.5, 0.6) is 23.0 Å². The molecule has 0 atom stereocenters. The third-order valence-corrected chi connectivity index (χ3v) is 19.1. The molecule has 75 heavy (non-hydrogen) atoms. The highest BCUT2D eigenvalue weighted by Gasteiger charge is 2.51. The minimum absolute atomic E-state index is 0.133. The normalized spacial score (nSPS) is 20.0. The Morgan fingerprint density at radius 1 is 0.387 bits per heavy atom. The number of hydrogen-bond donors (Lipinski definition) is 4. The zero-order chi connectivity index (χ0) is 56.6. The molecule has 1 saturated heterocycles. The molecule has 0 unspecified atom stereocenters. The molecule has 9 heteroatoms. The van der Waals surface area contributed by atoms with Crippen molar-refractivity contribution >= 4 is 5.69 Å². The first-order chi connectivity index (χ1) is 34.2. The molecule has 0 saturated carbocycles. The fourth-order valence-electron chi connectivity index (χ4n) is 13.7. The maximum absolute atomic E-state index is 11.5. The number of anilines is 1. The largest absolute Gasteiger partial charge is 0.508 e. The molecule has 1 aliphatic heterocycles. The second kappa shape index (κ2) is 22.2. The van der Waals surface area contributed by atoms with Crippen molar-refractivity contribution in [1.29, 1.82) is 0 Å². The van der Waals surface area contributed by atoms with E-state index in [1.165, 1.54) is 0 Å². The molecule has 0 radical (unpaired) electrons. The number of phenolic OH excluding ortho intramolecular Hbond substituents is 4. The molecule has 4 aromatic rings. The number of para-hydroxylation sites is 5. The minimum Gasteiger partial charge on any atom is -0.508 e. The number of hydrogen-bond acceptors (Lipinski definition) is 9. The monoisotopic (exact) mass is 1030 g/mol. The number of phenols is 4. The van der Waals surface area contributed by atoms with Crippen LogP contribution in [0.25, 0.3) is 0 Å². The third-order valence-electron chi connectivity index (χ3n) is 19.1. The SMILES string of the molecule is CN(CN1CCN(C(C)(C)C(C)(C)c2ccccc2O)CC(C)(C)CC(C)(C)CN(C(C)(C)C(C)(C)c2ccccc2O)CCN(C(C)(C)C(C)(C)c2ccccc2O)CC(C)(C)CC(C)(C)C1)c1ccccc1O. The smallest absolute Gasteiger partial charge is 0.138 e. The molecule has 0 aromatic heterocycles. The van der Waals surface area contributed by atoms with E-state index in [0.717, 1.165) is 87.6 Å². The Bertz CT molecular complexity index is 2520. The Morgan fingerprint density at radius 3 is 0.960 bits per heavy atom. The lowest BCUT2D eigenvalue weighted by molar-refractivity contribution is -0.0372. The standard InChI is InChI=1S/C66H105N5O4/c1-57(2)42-58(3,4)46-70(65(17,18)62(11,12)50-31-23-27-35-54(50)73)40-41-71(66(19,20)63(13,14)51-32-24-28-36-55(51)74)47-60(7,8)43-59(5,6)45-69(64(15,16)61(9,10)49-30-22-26-34-53(49)72)39-38-68(44-57)48-67(21)52-33-25-29-37-56(52)75/h22-37,72-75H,38-48H2,1-21H3. The van der Waals surface area contributed by atoms with Crippen molar-refractivity contribution in [2.75, 3.05) is 71.0 Å². The van der Waals surface area contributed by atoms with Gasteiger partial charge in [-0.05, 0) is 106 Å². The predicted octanol–water partition coefficient (Wildman–Crippen LogP) is 14.3. The third kappa shape index (κ3) is 13.7. The summed E-state index contributed by atoms with van der Waals surface area (Å²) in [6.45, 7) is 54.7. The first kappa shape index (κ1) is 61.6. The molecule has 1 fully saturated rings. The Hall–Kier alpha value is -4.28. The van der Waals surface area contributed by atoms with Crippen molar-refractivity contribution in [3.63, 3.8) is 0 Å². The minimum atomic E-state index is -0.450. The van der Waals surface area contributed by atoms with E-state index in [1.807, 2.05) is 72.8 Å². The van der Waals surface area contributed by atoms with E-state index < -0.39 is 32.9 Å². The Balaban J connectivity index is 1.71. The fraction of sp³-hybridized carbons (Fsp3) is 0.636. The highest BCUT2D eigenvalue weighted by atomic mass is 16.3. The highest BCUT2D eigenvalue weighted by molar-refractivity contribution is 5.57. The molecular formula is C66H105N5O4. The number of aromatic hydroxyl groups is 4. The molecule has 0 amide bonds. The van der Waals surface area contributed by atoms with Crippen molar-refractivity contribution in [2.45, 2.75) is 184 Å². The first-order valence-electron chi connectivity index (χ1n) is 28.0. The van der Waals surface area contributed by atoms with Crippen molar-refractivity contribution in [3.8, 4) is 23.0 Å². The van der Waals surface area contributed by atoms with Gasteiger partial charge in [0.05, 0.1) is 12.4 Å². The lowest BCUT2D eigenvalue weighted by Gasteiger charge is -2.56.